The molecule has 0 spiro atoms. The molecule has 4 aromatic carbocycles. The van der Waals surface area contributed by atoms with E-state index in [1.165, 1.54) is 11.6 Å². The number of halogens is 3. The molecule has 1 nitrogen and oxygen atoms in total. The molecular formula is C31H27F3O. The van der Waals surface area contributed by atoms with E-state index in [4.69, 9.17) is 4.74 Å². The minimum absolute atomic E-state index is 0.173. The lowest BCUT2D eigenvalue weighted by Gasteiger charge is -2.08. The molecule has 0 bridgehead atoms. The second-order valence-electron chi connectivity index (χ2n) is 8.31. The van der Waals surface area contributed by atoms with Crippen LogP contribution in [0.3, 0.4) is 0 Å². The van der Waals surface area contributed by atoms with Crippen molar-refractivity contribution in [3.8, 4) is 28.0 Å². The fraction of sp³-hybridized carbons (Fsp3) is 0.161. The van der Waals surface area contributed by atoms with Gasteiger partial charge in [-0.1, -0.05) is 92.2 Å². The molecule has 0 aliphatic rings. The van der Waals surface area contributed by atoms with Gasteiger partial charge in [-0.15, -0.1) is 0 Å². The van der Waals surface area contributed by atoms with Crippen LogP contribution in [0.4, 0.5) is 13.2 Å². The molecule has 4 aromatic rings. The van der Waals surface area contributed by atoms with Crippen molar-refractivity contribution >= 4 is 12.2 Å². The Morgan fingerprint density at radius 2 is 1.37 bits per heavy atom. The fourth-order valence-electron chi connectivity index (χ4n) is 3.98. The van der Waals surface area contributed by atoms with E-state index in [0.717, 1.165) is 29.5 Å². The fourth-order valence-corrected chi connectivity index (χ4v) is 3.98. The average Bonchev–Trinajstić information content (AvgIpc) is 2.87. The van der Waals surface area contributed by atoms with Crippen molar-refractivity contribution in [2.45, 2.75) is 26.7 Å². The van der Waals surface area contributed by atoms with Crippen molar-refractivity contribution in [1.82, 2.24) is 0 Å². The topological polar surface area (TPSA) is 9.23 Å². The molecule has 35 heavy (non-hydrogen) atoms. The average molecular weight is 473 g/mol. The van der Waals surface area contributed by atoms with Crippen molar-refractivity contribution in [3.05, 3.63) is 113 Å². The molecule has 0 unspecified atom stereocenters. The summed E-state index contributed by atoms with van der Waals surface area (Å²) in [5.74, 6) is -1.92. The van der Waals surface area contributed by atoms with Gasteiger partial charge in [-0.05, 0) is 53.3 Å². The van der Waals surface area contributed by atoms with Crippen molar-refractivity contribution in [2.75, 3.05) is 6.61 Å². The number of hydrogen-bond acceptors (Lipinski definition) is 1. The Morgan fingerprint density at radius 3 is 2.03 bits per heavy atom. The van der Waals surface area contributed by atoms with Crippen LogP contribution < -0.4 is 4.74 Å². The van der Waals surface area contributed by atoms with Gasteiger partial charge < -0.3 is 4.74 Å². The SMILES string of the molecule is CCCc1ccc(-c2ccc(C=Cc3ccc(-c4ccc(OCC)c(F)c4)cc3)c(F)c2F)cc1. The predicted octanol–water partition coefficient (Wildman–Crippen LogP) is 8.96. The number of aryl methyl sites for hydroxylation is 1. The Morgan fingerprint density at radius 1 is 0.686 bits per heavy atom. The van der Waals surface area contributed by atoms with Crippen molar-refractivity contribution in [1.29, 1.82) is 0 Å². The van der Waals surface area contributed by atoms with E-state index in [1.54, 1.807) is 43.3 Å². The molecule has 0 aliphatic heterocycles. The summed E-state index contributed by atoms with van der Waals surface area (Å²) in [6.07, 6.45) is 5.27. The summed E-state index contributed by atoms with van der Waals surface area (Å²) in [6.45, 7) is 4.31. The Balaban J connectivity index is 1.51. The van der Waals surface area contributed by atoms with Crippen LogP contribution in [0.25, 0.3) is 34.4 Å². The van der Waals surface area contributed by atoms with Crippen LogP contribution in [0.15, 0.2) is 78.9 Å². The van der Waals surface area contributed by atoms with E-state index in [9.17, 15) is 13.2 Å². The highest BCUT2D eigenvalue weighted by Gasteiger charge is 2.13. The maximum atomic E-state index is 14.8. The monoisotopic (exact) mass is 472 g/mol. The maximum absolute atomic E-state index is 14.8. The van der Waals surface area contributed by atoms with Crippen LogP contribution in [0.1, 0.15) is 37.0 Å². The van der Waals surface area contributed by atoms with Gasteiger partial charge in [-0.3, -0.25) is 0 Å². The summed E-state index contributed by atoms with van der Waals surface area (Å²) in [4.78, 5) is 0. The van der Waals surface area contributed by atoms with Crippen LogP contribution in [0, 0.1) is 17.5 Å². The first-order valence-electron chi connectivity index (χ1n) is 11.8. The molecule has 0 aliphatic carbocycles. The van der Waals surface area contributed by atoms with Crippen LogP contribution >= 0.6 is 0 Å². The molecule has 0 N–H and O–H groups in total. The Hall–Kier alpha value is -3.79. The van der Waals surface area contributed by atoms with Gasteiger partial charge in [0.15, 0.2) is 23.2 Å². The van der Waals surface area contributed by atoms with Crippen molar-refractivity contribution in [3.63, 3.8) is 0 Å². The molecule has 0 saturated heterocycles. The number of ether oxygens (including phenoxy) is 1. The molecule has 0 fully saturated rings. The molecule has 0 aromatic heterocycles. The van der Waals surface area contributed by atoms with Crippen LogP contribution in [0.2, 0.25) is 0 Å². The van der Waals surface area contributed by atoms with E-state index in [1.807, 2.05) is 48.5 Å². The van der Waals surface area contributed by atoms with E-state index >= 15 is 0 Å². The summed E-state index contributed by atoms with van der Waals surface area (Å²) in [7, 11) is 0. The van der Waals surface area contributed by atoms with Gasteiger partial charge in [0.05, 0.1) is 6.61 Å². The molecule has 178 valence electrons. The number of benzene rings is 4. The molecular weight excluding hydrogens is 445 g/mol. The highest BCUT2D eigenvalue weighted by Crippen LogP contribution is 2.29. The summed E-state index contributed by atoms with van der Waals surface area (Å²) in [5.41, 5.74) is 4.63. The van der Waals surface area contributed by atoms with E-state index in [0.29, 0.717) is 12.2 Å². The minimum atomic E-state index is -0.877. The highest BCUT2D eigenvalue weighted by atomic mass is 19.2. The summed E-state index contributed by atoms with van der Waals surface area (Å²) >= 11 is 0. The lowest BCUT2D eigenvalue weighted by Crippen LogP contribution is -1.94. The molecule has 0 saturated carbocycles. The predicted molar refractivity (Wildman–Crippen MR) is 138 cm³/mol. The highest BCUT2D eigenvalue weighted by molar-refractivity contribution is 5.74. The van der Waals surface area contributed by atoms with Gasteiger partial charge in [0.2, 0.25) is 0 Å². The third kappa shape index (κ3) is 5.65. The summed E-state index contributed by atoms with van der Waals surface area (Å²) < 4.78 is 49.0. The summed E-state index contributed by atoms with van der Waals surface area (Å²) in [5, 5.41) is 0. The Bertz CT molecular complexity index is 1320. The smallest absolute Gasteiger partial charge is 0.167 e. The lowest BCUT2D eigenvalue weighted by molar-refractivity contribution is 0.321. The van der Waals surface area contributed by atoms with Crippen LogP contribution in [-0.2, 0) is 6.42 Å². The normalized spacial score (nSPS) is 11.2. The third-order valence-corrected chi connectivity index (χ3v) is 5.85. The molecule has 4 rings (SSSR count). The molecule has 0 radical (unpaired) electrons. The van der Waals surface area contributed by atoms with Gasteiger partial charge in [0.1, 0.15) is 0 Å². The standard InChI is InChI=1S/C31H27F3O/c1-3-5-21-8-13-24(14-9-21)27-18-16-25(30(33)31(27)34)15-10-22-6-11-23(12-7-22)26-17-19-29(35-4-2)28(32)20-26/h6-20H,3-5H2,1-2H3. The zero-order chi connectivity index (χ0) is 24.8. The van der Waals surface area contributed by atoms with E-state index < -0.39 is 17.5 Å². The number of hydrogen-bond donors (Lipinski definition) is 0. The Labute approximate surface area is 204 Å². The van der Waals surface area contributed by atoms with Gasteiger partial charge >= 0.3 is 0 Å². The van der Waals surface area contributed by atoms with Crippen LogP contribution in [-0.4, -0.2) is 6.61 Å². The first-order chi connectivity index (χ1) is 17.0. The van der Waals surface area contributed by atoms with Crippen LogP contribution in [0.5, 0.6) is 5.75 Å². The minimum Gasteiger partial charge on any atom is -0.491 e. The van der Waals surface area contributed by atoms with Gasteiger partial charge in [-0.2, -0.15) is 0 Å². The zero-order valence-electron chi connectivity index (χ0n) is 19.8. The second kappa shape index (κ2) is 11.1. The maximum Gasteiger partial charge on any atom is 0.167 e. The molecule has 0 atom stereocenters. The first kappa shape index (κ1) is 24.3. The van der Waals surface area contributed by atoms with E-state index in [-0.39, 0.29) is 16.9 Å². The first-order valence-corrected chi connectivity index (χ1v) is 11.8. The second-order valence-corrected chi connectivity index (χ2v) is 8.31. The molecule has 4 heteroatoms. The molecule has 0 heterocycles. The quantitative estimate of drug-likeness (QED) is 0.233. The van der Waals surface area contributed by atoms with Gasteiger partial charge in [0.25, 0.3) is 0 Å². The molecule has 0 amide bonds. The van der Waals surface area contributed by atoms with Crippen molar-refractivity contribution in [2.24, 2.45) is 0 Å². The van der Waals surface area contributed by atoms with Crippen molar-refractivity contribution < 1.29 is 17.9 Å². The largest absolute Gasteiger partial charge is 0.491 e. The van der Waals surface area contributed by atoms with E-state index in [2.05, 4.69) is 6.92 Å². The van der Waals surface area contributed by atoms with Gasteiger partial charge in [0, 0.05) is 11.1 Å². The summed E-state index contributed by atoms with van der Waals surface area (Å²) in [6, 6.07) is 23.0. The van der Waals surface area contributed by atoms with Gasteiger partial charge in [-0.25, -0.2) is 13.2 Å². The Kier molecular flexibility index (Phi) is 7.71. The third-order valence-electron chi connectivity index (χ3n) is 5.85. The number of rotatable bonds is 8. The zero-order valence-corrected chi connectivity index (χ0v) is 19.8. The lowest BCUT2D eigenvalue weighted by atomic mass is 9.99.